The van der Waals surface area contributed by atoms with Crippen LogP contribution in [0.3, 0.4) is 0 Å². The van der Waals surface area contributed by atoms with Gasteiger partial charge in [-0.05, 0) is 26.1 Å². The average molecular weight is 365 g/mol. The van der Waals surface area contributed by atoms with Gasteiger partial charge in [0, 0.05) is 23.9 Å². The number of hydrogen-bond donors (Lipinski definition) is 0. The summed E-state index contributed by atoms with van der Waals surface area (Å²) in [5.74, 6) is 0.472. The second-order valence-electron chi connectivity index (χ2n) is 8.52. The molecular formula is C19H28N2O3S. The number of likely N-dealkylation sites (N-methyl/N-ethyl adjacent to an activating group) is 1. The van der Waals surface area contributed by atoms with Gasteiger partial charge in [0.15, 0.2) is 9.84 Å². The van der Waals surface area contributed by atoms with Crippen LogP contribution in [-0.2, 0) is 21.1 Å². The minimum absolute atomic E-state index is 0.100. The maximum Gasteiger partial charge on any atom is 0.240 e. The first-order valence-corrected chi connectivity index (χ1v) is 10.6. The van der Waals surface area contributed by atoms with Gasteiger partial charge in [0.25, 0.3) is 0 Å². The molecule has 0 spiro atoms. The zero-order valence-corrected chi connectivity index (χ0v) is 16.3. The summed E-state index contributed by atoms with van der Waals surface area (Å²) < 4.78 is 24.2. The number of amides is 1. The molecule has 2 heterocycles. The van der Waals surface area contributed by atoms with E-state index in [0.29, 0.717) is 19.5 Å². The number of carbonyl (C=O) groups excluding carboxylic acids is 1. The molecule has 2 aliphatic heterocycles. The summed E-state index contributed by atoms with van der Waals surface area (Å²) in [5.41, 5.74) is 0.449. The first-order chi connectivity index (χ1) is 11.6. The standard InChI is InChI=1S/C19H28N2O3S/c1-18-11-21(12-19(18,2)14-25(23,24)13-18)17(22)16(20(3)4)10-15-8-6-5-7-9-15/h5-9,16H,10-14H2,1-4H3/t16?,18-,19+. The molecule has 0 aromatic heterocycles. The molecule has 0 saturated carbocycles. The lowest BCUT2D eigenvalue weighted by Gasteiger charge is -2.29. The Morgan fingerprint density at radius 1 is 1.12 bits per heavy atom. The zero-order chi connectivity index (χ0) is 18.5. The van der Waals surface area contributed by atoms with Crippen molar-refractivity contribution in [1.82, 2.24) is 9.80 Å². The first kappa shape index (κ1) is 18.4. The van der Waals surface area contributed by atoms with E-state index >= 15 is 0 Å². The van der Waals surface area contributed by atoms with E-state index in [1.807, 2.05) is 68.1 Å². The van der Waals surface area contributed by atoms with Crippen LogP contribution in [0.5, 0.6) is 0 Å². The first-order valence-electron chi connectivity index (χ1n) is 8.75. The predicted octanol–water partition coefficient (Wildman–Crippen LogP) is 1.44. The quantitative estimate of drug-likeness (QED) is 0.811. The van der Waals surface area contributed by atoms with Gasteiger partial charge in [-0.25, -0.2) is 8.42 Å². The highest BCUT2D eigenvalue weighted by Gasteiger charge is 2.61. The van der Waals surface area contributed by atoms with Crippen LogP contribution >= 0.6 is 0 Å². The Balaban J connectivity index is 1.79. The molecule has 0 aliphatic carbocycles. The van der Waals surface area contributed by atoms with Gasteiger partial charge in [0.2, 0.25) is 5.91 Å². The Morgan fingerprint density at radius 2 is 1.64 bits per heavy atom. The molecule has 138 valence electrons. The fourth-order valence-electron chi connectivity index (χ4n) is 4.44. The van der Waals surface area contributed by atoms with Crippen LogP contribution in [0.1, 0.15) is 19.4 Å². The van der Waals surface area contributed by atoms with E-state index in [-0.39, 0.29) is 34.3 Å². The summed E-state index contributed by atoms with van der Waals surface area (Å²) in [6.07, 6.45) is 0.662. The van der Waals surface area contributed by atoms with Gasteiger partial charge in [-0.3, -0.25) is 9.69 Å². The van der Waals surface area contributed by atoms with Crippen molar-refractivity contribution in [2.24, 2.45) is 10.8 Å². The Hall–Kier alpha value is -1.40. The van der Waals surface area contributed by atoms with Crippen molar-refractivity contribution in [3.05, 3.63) is 35.9 Å². The summed E-state index contributed by atoms with van der Waals surface area (Å²) in [6.45, 7) is 5.10. The molecule has 2 fully saturated rings. The molecule has 2 saturated heterocycles. The predicted molar refractivity (Wildman–Crippen MR) is 99.1 cm³/mol. The summed E-state index contributed by atoms with van der Waals surface area (Å²) in [6, 6.07) is 9.79. The van der Waals surface area contributed by atoms with Gasteiger partial charge < -0.3 is 4.90 Å². The van der Waals surface area contributed by atoms with Crippen molar-refractivity contribution < 1.29 is 13.2 Å². The Labute approximate surface area is 150 Å². The molecule has 1 unspecified atom stereocenters. The third kappa shape index (κ3) is 3.34. The Kier molecular flexibility index (Phi) is 4.48. The molecule has 0 bridgehead atoms. The topological polar surface area (TPSA) is 57.7 Å². The molecule has 1 amide bonds. The molecule has 2 aliphatic rings. The maximum absolute atomic E-state index is 13.2. The highest BCUT2D eigenvalue weighted by molar-refractivity contribution is 7.91. The van der Waals surface area contributed by atoms with E-state index in [1.165, 1.54) is 0 Å². The van der Waals surface area contributed by atoms with Crippen LogP contribution in [0.25, 0.3) is 0 Å². The fraction of sp³-hybridized carbons (Fsp3) is 0.632. The van der Waals surface area contributed by atoms with Gasteiger partial charge in [-0.1, -0.05) is 44.2 Å². The number of nitrogens with zero attached hydrogens (tertiary/aromatic N) is 2. The van der Waals surface area contributed by atoms with Crippen molar-refractivity contribution >= 4 is 15.7 Å². The van der Waals surface area contributed by atoms with Crippen LogP contribution in [0.2, 0.25) is 0 Å². The molecular weight excluding hydrogens is 336 g/mol. The number of rotatable bonds is 4. The summed E-state index contributed by atoms with van der Waals surface area (Å²) >= 11 is 0. The second-order valence-corrected chi connectivity index (χ2v) is 10.6. The largest absolute Gasteiger partial charge is 0.340 e. The number of likely N-dealkylation sites (tertiary alicyclic amines) is 1. The zero-order valence-electron chi connectivity index (χ0n) is 15.5. The number of sulfone groups is 1. The molecule has 25 heavy (non-hydrogen) atoms. The monoisotopic (exact) mass is 364 g/mol. The van der Waals surface area contributed by atoms with Crippen LogP contribution < -0.4 is 0 Å². The molecule has 1 aromatic rings. The van der Waals surface area contributed by atoms with E-state index in [0.717, 1.165) is 5.56 Å². The number of hydrogen-bond acceptors (Lipinski definition) is 4. The van der Waals surface area contributed by atoms with E-state index < -0.39 is 9.84 Å². The molecule has 6 heteroatoms. The summed E-state index contributed by atoms with van der Waals surface area (Å²) in [4.78, 5) is 17.1. The van der Waals surface area contributed by atoms with Crippen molar-refractivity contribution in [1.29, 1.82) is 0 Å². The molecule has 0 radical (unpaired) electrons. The average Bonchev–Trinajstić information content (AvgIpc) is 2.84. The lowest BCUT2D eigenvalue weighted by molar-refractivity contribution is -0.135. The van der Waals surface area contributed by atoms with E-state index in [4.69, 9.17) is 0 Å². The smallest absolute Gasteiger partial charge is 0.240 e. The van der Waals surface area contributed by atoms with Gasteiger partial charge in [0.1, 0.15) is 0 Å². The molecule has 1 aromatic carbocycles. The maximum atomic E-state index is 13.2. The number of fused-ring (bicyclic) bond motifs is 1. The van der Waals surface area contributed by atoms with Gasteiger partial charge in [-0.2, -0.15) is 0 Å². The normalized spacial score (nSPS) is 32.0. The molecule has 3 rings (SSSR count). The van der Waals surface area contributed by atoms with Crippen molar-refractivity contribution in [3.63, 3.8) is 0 Å². The third-order valence-corrected chi connectivity index (χ3v) is 8.26. The third-order valence-electron chi connectivity index (χ3n) is 6.11. The highest BCUT2D eigenvalue weighted by Crippen LogP contribution is 2.52. The Bertz CT molecular complexity index is 736. The Morgan fingerprint density at radius 3 is 2.12 bits per heavy atom. The van der Waals surface area contributed by atoms with Crippen LogP contribution in [0.4, 0.5) is 0 Å². The van der Waals surface area contributed by atoms with Gasteiger partial charge in [-0.15, -0.1) is 0 Å². The fourth-order valence-corrected chi connectivity index (χ4v) is 7.36. The van der Waals surface area contributed by atoms with E-state index in [1.54, 1.807) is 0 Å². The molecule has 5 nitrogen and oxygen atoms in total. The lowest BCUT2D eigenvalue weighted by Crippen LogP contribution is -2.47. The SMILES string of the molecule is CN(C)C(Cc1ccccc1)C(=O)N1C[C@@]2(C)CS(=O)(=O)C[C@@]2(C)C1. The molecule has 0 N–H and O–H groups in total. The minimum Gasteiger partial charge on any atom is -0.340 e. The summed E-state index contributed by atoms with van der Waals surface area (Å²) in [5, 5.41) is 0. The summed E-state index contributed by atoms with van der Waals surface area (Å²) in [7, 11) is 0.849. The van der Waals surface area contributed by atoms with Crippen molar-refractivity contribution in [2.45, 2.75) is 26.3 Å². The number of benzene rings is 1. The number of carbonyl (C=O) groups is 1. The minimum atomic E-state index is -3.01. The highest BCUT2D eigenvalue weighted by atomic mass is 32.2. The van der Waals surface area contributed by atoms with Crippen molar-refractivity contribution in [3.8, 4) is 0 Å². The van der Waals surface area contributed by atoms with E-state index in [2.05, 4.69) is 0 Å². The lowest BCUT2D eigenvalue weighted by atomic mass is 9.71. The van der Waals surface area contributed by atoms with Gasteiger partial charge >= 0.3 is 0 Å². The van der Waals surface area contributed by atoms with Crippen LogP contribution in [-0.4, -0.2) is 68.9 Å². The van der Waals surface area contributed by atoms with Crippen LogP contribution in [0.15, 0.2) is 30.3 Å². The van der Waals surface area contributed by atoms with E-state index in [9.17, 15) is 13.2 Å². The molecule has 3 atom stereocenters. The second kappa shape index (κ2) is 6.09. The van der Waals surface area contributed by atoms with Gasteiger partial charge in [0.05, 0.1) is 17.5 Å². The van der Waals surface area contributed by atoms with Crippen molar-refractivity contribution in [2.75, 3.05) is 38.7 Å². The van der Waals surface area contributed by atoms with Crippen LogP contribution in [0, 0.1) is 10.8 Å².